The van der Waals surface area contributed by atoms with Crippen LogP contribution in [0.15, 0.2) is 36.4 Å². The average molecular weight is 446 g/mol. The highest BCUT2D eigenvalue weighted by Crippen LogP contribution is 2.21. The second-order valence-electron chi connectivity index (χ2n) is 6.73. The first kappa shape index (κ1) is 26.0. The van der Waals surface area contributed by atoms with Gasteiger partial charge in [0.25, 0.3) is 0 Å². The van der Waals surface area contributed by atoms with E-state index in [4.69, 9.17) is 9.47 Å². The SMILES string of the molecule is C=C(C)C(=O)CCOC(=O)c1cc(C(=O)O)c(C(=O)O)cc1C(=O)OCCC(=O)C(=C)C. The number of rotatable bonds is 12. The van der Waals surface area contributed by atoms with Crippen molar-refractivity contribution in [3.63, 3.8) is 0 Å². The van der Waals surface area contributed by atoms with Crippen LogP contribution in [0.25, 0.3) is 0 Å². The van der Waals surface area contributed by atoms with Crippen molar-refractivity contribution in [3.05, 3.63) is 58.7 Å². The minimum atomic E-state index is -1.65. The molecule has 0 aliphatic rings. The molecule has 0 heterocycles. The first-order valence-electron chi connectivity index (χ1n) is 9.23. The molecule has 10 nitrogen and oxygen atoms in total. The molecule has 0 saturated carbocycles. The summed E-state index contributed by atoms with van der Waals surface area (Å²) in [6, 6.07) is 1.37. The van der Waals surface area contributed by atoms with Crippen molar-refractivity contribution in [1.82, 2.24) is 0 Å². The normalized spacial score (nSPS) is 10.1. The Morgan fingerprint density at radius 3 is 1.25 bits per heavy atom. The summed E-state index contributed by atoms with van der Waals surface area (Å²) in [4.78, 5) is 71.0. The largest absolute Gasteiger partial charge is 0.478 e. The molecule has 0 fully saturated rings. The second kappa shape index (κ2) is 11.3. The Morgan fingerprint density at radius 1 is 0.688 bits per heavy atom. The number of carboxylic acid groups (broad SMARTS) is 2. The first-order valence-corrected chi connectivity index (χ1v) is 9.23. The molecule has 0 bridgehead atoms. The molecule has 0 amide bonds. The average Bonchev–Trinajstić information content (AvgIpc) is 2.71. The Balaban J connectivity index is 3.25. The minimum absolute atomic E-state index is 0.192. The number of ether oxygens (including phenoxy) is 2. The summed E-state index contributed by atoms with van der Waals surface area (Å²) in [5.74, 6) is -6.37. The van der Waals surface area contributed by atoms with Crippen molar-refractivity contribution in [1.29, 1.82) is 0 Å². The van der Waals surface area contributed by atoms with Gasteiger partial charge in [0.2, 0.25) is 0 Å². The van der Waals surface area contributed by atoms with E-state index in [9.17, 15) is 39.0 Å². The van der Waals surface area contributed by atoms with E-state index in [-0.39, 0.29) is 48.8 Å². The molecule has 1 rings (SSSR count). The van der Waals surface area contributed by atoms with Gasteiger partial charge < -0.3 is 19.7 Å². The zero-order valence-electron chi connectivity index (χ0n) is 17.6. The maximum Gasteiger partial charge on any atom is 0.339 e. The third-order valence-electron chi connectivity index (χ3n) is 4.13. The van der Waals surface area contributed by atoms with Crippen LogP contribution in [-0.4, -0.2) is 58.9 Å². The number of carbonyl (C=O) groups is 6. The number of esters is 2. The summed E-state index contributed by atoms with van der Waals surface area (Å²) >= 11 is 0. The van der Waals surface area contributed by atoms with Gasteiger partial charge in [0.1, 0.15) is 0 Å². The summed E-state index contributed by atoms with van der Waals surface area (Å²) in [6.07, 6.45) is -0.383. The van der Waals surface area contributed by atoms with E-state index >= 15 is 0 Å². The third kappa shape index (κ3) is 7.01. The molecule has 1 aromatic carbocycles. The number of allylic oxidation sites excluding steroid dienone is 2. The van der Waals surface area contributed by atoms with Crippen LogP contribution < -0.4 is 0 Å². The zero-order chi connectivity index (χ0) is 24.6. The molecule has 0 saturated heterocycles. The first-order chi connectivity index (χ1) is 14.9. The molecule has 10 heteroatoms. The Hall–Kier alpha value is -4.08. The number of aromatic carboxylic acids is 2. The van der Waals surface area contributed by atoms with Crippen LogP contribution in [0.2, 0.25) is 0 Å². The molecule has 0 aliphatic heterocycles. The summed E-state index contributed by atoms with van der Waals surface area (Å²) in [5.41, 5.74) is -2.15. The van der Waals surface area contributed by atoms with Gasteiger partial charge in [0, 0.05) is 12.8 Å². The molecule has 0 unspecified atom stereocenters. The fourth-order valence-corrected chi connectivity index (χ4v) is 2.35. The highest BCUT2D eigenvalue weighted by atomic mass is 16.5. The Morgan fingerprint density at radius 2 is 1.00 bits per heavy atom. The maximum atomic E-state index is 12.5. The molecule has 0 aliphatic carbocycles. The molecule has 0 atom stereocenters. The van der Waals surface area contributed by atoms with Gasteiger partial charge in [0.05, 0.1) is 35.5 Å². The van der Waals surface area contributed by atoms with Crippen molar-refractivity contribution < 1.29 is 48.5 Å². The predicted octanol–water partition coefficient (Wildman–Crippen LogP) is 2.47. The van der Waals surface area contributed by atoms with Gasteiger partial charge in [-0.05, 0) is 37.1 Å². The quantitative estimate of drug-likeness (QED) is 0.360. The van der Waals surface area contributed by atoms with Crippen molar-refractivity contribution in [2.45, 2.75) is 26.7 Å². The Labute approximate surface area is 183 Å². The number of carboxylic acids is 2. The molecule has 0 aromatic heterocycles. The molecule has 170 valence electrons. The lowest BCUT2D eigenvalue weighted by atomic mass is 9.98. The molecular weight excluding hydrogens is 424 g/mol. The monoisotopic (exact) mass is 446 g/mol. The number of benzene rings is 1. The number of carbonyl (C=O) groups excluding carboxylic acids is 4. The van der Waals surface area contributed by atoms with Crippen LogP contribution in [0.3, 0.4) is 0 Å². The van der Waals surface area contributed by atoms with Crippen molar-refractivity contribution in [2.75, 3.05) is 13.2 Å². The van der Waals surface area contributed by atoms with Crippen LogP contribution in [0.5, 0.6) is 0 Å². The summed E-state index contributed by atoms with van der Waals surface area (Å²) in [5, 5.41) is 18.6. The van der Waals surface area contributed by atoms with Crippen molar-refractivity contribution in [2.24, 2.45) is 0 Å². The van der Waals surface area contributed by atoms with Crippen molar-refractivity contribution in [3.8, 4) is 0 Å². The minimum Gasteiger partial charge on any atom is -0.478 e. The molecule has 1 aromatic rings. The van der Waals surface area contributed by atoms with Crippen LogP contribution in [0.4, 0.5) is 0 Å². The van der Waals surface area contributed by atoms with Gasteiger partial charge in [-0.3, -0.25) is 9.59 Å². The number of hydrogen-bond donors (Lipinski definition) is 2. The van der Waals surface area contributed by atoms with E-state index in [1.807, 2.05) is 0 Å². The molecule has 0 spiro atoms. The molecule has 2 N–H and O–H groups in total. The lowest BCUT2D eigenvalue weighted by Gasteiger charge is -2.12. The fourth-order valence-electron chi connectivity index (χ4n) is 2.35. The van der Waals surface area contributed by atoms with E-state index < -0.39 is 46.1 Å². The topological polar surface area (TPSA) is 161 Å². The summed E-state index contributed by atoms with van der Waals surface area (Å²) in [6.45, 7) is 9.10. The van der Waals surface area contributed by atoms with Crippen LogP contribution in [-0.2, 0) is 19.1 Å². The summed E-state index contributed by atoms with van der Waals surface area (Å²) < 4.78 is 9.87. The smallest absolute Gasteiger partial charge is 0.339 e. The number of ketones is 2. The summed E-state index contributed by atoms with van der Waals surface area (Å²) in [7, 11) is 0. The second-order valence-corrected chi connectivity index (χ2v) is 6.73. The van der Waals surface area contributed by atoms with Gasteiger partial charge in [-0.1, -0.05) is 13.2 Å². The predicted molar refractivity (Wildman–Crippen MR) is 110 cm³/mol. The van der Waals surface area contributed by atoms with Gasteiger partial charge >= 0.3 is 23.9 Å². The van der Waals surface area contributed by atoms with Gasteiger partial charge in [-0.15, -0.1) is 0 Å². The fraction of sp³-hybridized carbons (Fsp3) is 0.273. The zero-order valence-corrected chi connectivity index (χ0v) is 17.6. The maximum absolute atomic E-state index is 12.5. The van der Waals surface area contributed by atoms with E-state index in [0.717, 1.165) is 0 Å². The highest BCUT2D eigenvalue weighted by molar-refractivity contribution is 6.09. The number of Topliss-reactive ketones (excluding diaryl/α,β-unsaturated/α-hetero) is 2. The van der Waals surface area contributed by atoms with E-state index in [1.54, 1.807) is 0 Å². The van der Waals surface area contributed by atoms with Crippen LogP contribution in [0.1, 0.15) is 68.1 Å². The van der Waals surface area contributed by atoms with E-state index in [1.165, 1.54) is 13.8 Å². The van der Waals surface area contributed by atoms with Gasteiger partial charge in [0.15, 0.2) is 11.6 Å². The lowest BCUT2D eigenvalue weighted by molar-refractivity contribution is -0.117. The Bertz CT molecular complexity index is 935. The number of hydrogen-bond acceptors (Lipinski definition) is 8. The molecule has 32 heavy (non-hydrogen) atoms. The standard InChI is InChI=1S/C22H22O10/c1-11(2)17(23)5-7-31-21(29)15-9-13(19(25)26)14(20(27)28)10-16(15)22(30)32-8-6-18(24)12(3)4/h9-10H,1,3,5-8H2,2,4H3,(H,25,26)(H,27,28). The van der Waals surface area contributed by atoms with Gasteiger partial charge in [-0.2, -0.15) is 0 Å². The van der Waals surface area contributed by atoms with Crippen LogP contribution in [0, 0.1) is 0 Å². The lowest BCUT2D eigenvalue weighted by Crippen LogP contribution is -2.20. The van der Waals surface area contributed by atoms with E-state index in [0.29, 0.717) is 12.1 Å². The van der Waals surface area contributed by atoms with E-state index in [2.05, 4.69) is 13.2 Å². The highest BCUT2D eigenvalue weighted by Gasteiger charge is 2.27. The molecular formula is C22H22O10. The molecule has 0 radical (unpaired) electrons. The van der Waals surface area contributed by atoms with Crippen molar-refractivity contribution >= 4 is 35.4 Å². The van der Waals surface area contributed by atoms with Crippen LogP contribution >= 0.6 is 0 Å². The Kier molecular flexibility index (Phi) is 9.21. The van der Waals surface area contributed by atoms with Gasteiger partial charge in [-0.25, -0.2) is 19.2 Å². The third-order valence-corrected chi connectivity index (χ3v) is 4.13.